The molecule has 11 heteroatoms. The quantitative estimate of drug-likeness (QED) is 0.583. The summed E-state index contributed by atoms with van der Waals surface area (Å²) >= 11 is 1.34. The lowest BCUT2D eigenvalue weighted by Crippen LogP contribution is -2.43. The van der Waals surface area contributed by atoms with Crippen LogP contribution in [0.2, 0.25) is 0 Å². The van der Waals surface area contributed by atoms with Crippen LogP contribution in [0.15, 0.2) is 40.0 Å². The van der Waals surface area contributed by atoms with Crippen molar-refractivity contribution in [3.63, 3.8) is 0 Å². The first kappa shape index (κ1) is 21.2. The van der Waals surface area contributed by atoms with E-state index >= 15 is 0 Å². The van der Waals surface area contributed by atoms with E-state index in [2.05, 4.69) is 20.4 Å². The molecule has 0 radical (unpaired) electrons. The number of anilines is 1. The van der Waals surface area contributed by atoms with Gasteiger partial charge in [-0.05, 0) is 50.8 Å². The summed E-state index contributed by atoms with van der Waals surface area (Å²) in [4.78, 5) is 22.7. The number of hydrogen-bond acceptors (Lipinski definition) is 8. The van der Waals surface area contributed by atoms with Gasteiger partial charge in [-0.15, -0.1) is 11.3 Å². The summed E-state index contributed by atoms with van der Waals surface area (Å²) in [5, 5.41) is 6.86. The second-order valence-electron chi connectivity index (χ2n) is 8.19. The average Bonchev–Trinajstić information content (AvgIpc) is 3.39. The van der Waals surface area contributed by atoms with Crippen molar-refractivity contribution in [2.24, 2.45) is 5.92 Å². The first-order valence-electron chi connectivity index (χ1n) is 10.6. The van der Waals surface area contributed by atoms with Gasteiger partial charge in [0, 0.05) is 30.1 Å². The van der Waals surface area contributed by atoms with Crippen LogP contribution >= 0.6 is 11.3 Å². The molecule has 1 aliphatic heterocycles. The number of pyridine rings is 1. The molecule has 3 aromatic rings. The number of hydrogen-bond donors (Lipinski definition) is 1. The van der Waals surface area contributed by atoms with Crippen molar-refractivity contribution in [1.82, 2.24) is 19.4 Å². The number of thiophene rings is 1. The fourth-order valence-corrected chi connectivity index (χ4v) is 6.87. The molecule has 2 fully saturated rings. The van der Waals surface area contributed by atoms with Crippen LogP contribution in [0.3, 0.4) is 0 Å². The van der Waals surface area contributed by atoms with Crippen molar-refractivity contribution in [3.05, 3.63) is 41.4 Å². The van der Waals surface area contributed by atoms with Gasteiger partial charge in [-0.2, -0.15) is 9.29 Å². The van der Waals surface area contributed by atoms with Crippen molar-refractivity contribution in [2.45, 2.75) is 43.4 Å². The number of amides is 1. The molecule has 2 aliphatic rings. The molecule has 1 atom stereocenters. The minimum Gasteiger partial charge on any atom is -0.339 e. The second-order valence-corrected chi connectivity index (χ2v) is 11.4. The molecule has 1 amide bonds. The van der Waals surface area contributed by atoms with Gasteiger partial charge in [0.2, 0.25) is 27.6 Å². The third kappa shape index (κ3) is 4.19. The maximum Gasteiger partial charge on any atom is 0.244 e. The van der Waals surface area contributed by atoms with Crippen LogP contribution in [-0.2, 0) is 14.8 Å². The zero-order valence-corrected chi connectivity index (χ0v) is 19.2. The molecule has 168 valence electrons. The molecular formula is C21H23N5O4S2. The number of sulfonamides is 1. The second kappa shape index (κ2) is 8.38. The fraction of sp³-hybridized carbons (Fsp3) is 0.429. The van der Waals surface area contributed by atoms with Crippen molar-refractivity contribution < 1.29 is 17.7 Å². The van der Waals surface area contributed by atoms with Crippen LogP contribution in [-0.4, -0.2) is 46.8 Å². The van der Waals surface area contributed by atoms with Gasteiger partial charge in [-0.3, -0.25) is 9.78 Å². The first-order chi connectivity index (χ1) is 15.4. The first-order valence-corrected chi connectivity index (χ1v) is 12.8. The molecule has 32 heavy (non-hydrogen) atoms. The summed E-state index contributed by atoms with van der Waals surface area (Å²) in [6.07, 6.45) is 6.56. The Morgan fingerprint density at radius 2 is 2.16 bits per heavy atom. The van der Waals surface area contributed by atoms with Gasteiger partial charge in [0.15, 0.2) is 0 Å². The van der Waals surface area contributed by atoms with E-state index < -0.39 is 15.9 Å². The molecular weight excluding hydrogens is 450 g/mol. The molecule has 0 aromatic carbocycles. The topological polar surface area (TPSA) is 118 Å². The fourth-order valence-electron chi connectivity index (χ4n) is 3.86. The average molecular weight is 474 g/mol. The predicted molar refractivity (Wildman–Crippen MR) is 119 cm³/mol. The molecule has 1 saturated heterocycles. The molecule has 0 spiro atoms. The number of nitrogens with zero attached hydrogens (tertiary/aromatic N) is 4. The van der Waals surface area contributed by atoms with Gasteiger partial charge in [0.05, 0.1) is 27.6 Å². The van der Waals surface area contributed by atoms with Crippen LogP contribution < -0.4 is 5.32 Å². The minimum atomic E-state index is -3.75. The zero-order valence-electron chi connectivity index (χ0n) is 17.5. The number of aromatic nitrogens is 3. The summed E-state index contributed by atoms with van der Waals surface area (Å²) in [6, 6.07) is 5.11. The van der Waals surface area contributed by atoms with Gasteiger partial charge in [-0.1, -0.05) is 5.16 Å². The lowest BCUT2D eigenvalue weighted by atomic mass is 9.99. The van der Waals surface area contributed by atoms with E-state index in [1.807, 2.05) is 0 Å². The molecule has 1 saturated carbocycles. The van der Waals surface area contributed by atoms with Crippen LogP contribution in [0, 0.1) is 12.8 Å². The van der Waals surface area contributed by atoms with E-state index in [0.29, 0.717) is 52.5 Å². The Kier molecular flexibility index (Phi) is 5.56. The highest BCUT2D eigenvalue weighted by Gasteiger charge is 2.35. The Labute approximate surface area is 189 Å². The smallest absolute Gasteiger partial charge is 0.244 e. The van der Waals surface area contributed by atoms with E-state index in [1.165, 1.54) is 15.6 Å². The lowest BCUT2D eigenvalue weighted by molar-refractivity contribution is -0.120. The molecule has 4 heterocycles. The van der Waals surface area contributed by atoms with Crippen molar-refractivity contribution in [2.75, 3.05) is 18.4 Å². The molecule has 0 bridgehead atoms. The molecule has 9 nitrogen and oxygen atoms in total. The maximum absolute atomic E-state index is 13.4. The SMILES string of the molecule is Cc1sc(-c2noc(C3CC3)n2)cc1S(=O)(=O)N1CCC[C@H](C(=O)Nc2cccnc2)C1. The normalized spacial score (nSPS) is 19.7. The maximum atomic E-state index is 13.4. The van der Waals surface area contributed by atoms with Gasteiger partial charge in [-0.25, -0.2) is 8.42 Å². The Morgan fingerprint density at radius 3 is 2.91 bits per heavy atom. The molecule has 0 unspecified atom stereocenters. The van der Waals surface area contributed by atoms with E-state index in [1.54, 1.807) is 37.5 Å². The predicted octanol–water partition coefficient (Wildman–Crippen LogP) is 3.42. The van der Waals surface area contributed by atoms with Crippen LogP contribution in [0.1, 0.15) is 42.4 Å². The highest BCUT2D eigenvalue weighted by atomic mass is 32.2. The number of aryl methyl sites for hydroxylation is 1. The largest absolute Gasteiger partial charge is 0.339 e. The Morgan fingerprint density at radius 1 is 1.31 bits per heavy atom. The highest BCUT2D eigenvalue weighted by molar-refractivity contribution is 7.89. The van der Waals surface area contributed by atoms with Gasteiger partial charge < -0.3 is 9.84 Å². The van der Waals surface area contributed by atoms with Crippen LogP contribution in [0.4, 0.5) is 5.69 Å². The molecule has 3 aromatic heterocycles. The van der Waals surface area contributed by atoms with Gasteiger partial charge >= 0.3 is 0 Å². The summed E-state index contributed by atoms with van der Waals surface area (Å²) in [6.45, 7) is 2.31. The monoisotopic (exact) mass is 473 g/mol. The van der Waals surface area contributed by atoms with Crippen molar-refractivity contribution >= 4 is 33.0 Å². The Bertz CT molecular complexity index is 1230. The van der Waals surface area contributed by atoms with Gasteiger partial charge in [0.25, 0.3) is 0 Å². The van der Waals surface area contributed by atoms with Crippen molar-refractivity contribution in [3.8, 4) is 10.7 Å². The third-order valence-electron chi connectivity index (χ3n) is 5.76. The standard InChI is InChI=1S/C21H23N5O4S2/c1-13-18(10-17(31-13)19-24-21(30-25-19)14-6-7-14)32(28,29)26-9-3-4-15(12-26)20(27)23-16-5-2-8-22-11-16/h2,5,8,10-11,14-15H,3-4,6-7,9,12H2,1H3,(H,23,27)/t15-/m0/s1. The number of carbonyl (C=O) groups excluding carboxylic acids is 1. The number of piperidine rings is 1. The highest BCUT2D eigenvalue weighted by Crippen LogP contribution is 2.41. The number of rotatable bonds is 6. The molecule has 1 N–H and O–H groups in total. The summed E-state index contributed by atoms with van der Waals surface area (Å²) in [7, 11) is -3.75. The number of nitrogens with one attached hydrogen (secondary N) is 1. The summed E-state index contributed by atoms with van der Waals surface area (Å²) in [5.41, 5.74) is 0.599. The Balaban J connectivity index is 1.33. The Hall–Kier alpha value is -2.63. The van der Waals surface area contributed by atoms with E-state index in [9.17, 15) is 13.2 Å². The summed E-state index contributed by atoms with van der Waals surface area (Å²) < 4.78 is 33.6. The number of carbonyl (C=O) groups is 1. The van der Waals surface area contributed by atoms with E-state index in [0.717, 1.165) is 12.8 Å². The third-order valence-corrected chi connectivity index (χ3v) is 8.93. The van der Waals surface area contributed by atoms with Crippen molar-refractivity contribution in [1.29, 1.82) is 0 Å². The van der Waals surface area contributed by atoms with Crippen LogP contribution in [0.5, 0.6) is 0 Å². The summed E-state index contributed by atoms with van der Waals surface area (Å²) in [5.74, 6) is 0.766. The lowest BCUT2D eigenvalue weighted by Gasteiger charge is -2.31. The van der Waals surface area contributed by atoms with E-state index in [-0.39, 0.29) is 17.3 Å². The molecule has 5 rings (SSSR count). The van der Waals surface area contributed by atoms with Gasteiger partial charge in [0.1, 0.15) is 0 Å². The van der Waals surface area contributed by atoms with E-state index in [4.69, 9.17) is 4.52 Å². The minimum absolute atomic E-state index is 0.146. The van der Waals surface area contributed by atoms with Crippen LogP contribution in [0.25, 0.3) is 10.7 Å². The molecule has 1 aliphatic carbocycles. The zero-order chi connectivity index (χ0) is 22.3.